The maximum Gasteiger partial charge on any atom is 0.333 e. The molecule has 12 rings (SSSR count). The zero-order chi connectivity index (χ0) is 40.5. The summed E-state index contributed by atoms with van der Waals surface area (Å²) in [7, 11) is 0. The molecule has 0 atom stereocenters. The average Bonchev–Trinajstić information content (AvgIpc) is 3.88. The van der Waals surface area contributed by atoms with Crippen molar-refractivity contribution in [2.45, 2.75) is 78.6 Å². The van der Waals surface area contributed by atoms with Crippen molar-refractivity contribution in [3.63, 3.8) is 0 Å². The molecule has 5 heteroatoms. The summed E-state index contributed by atoms with van der Waals surface area (Å²) in [6, 6.07) is 45.4. The molecule has 0 saturated heterocycles. The van der Waals surface area contributed by atoms with Crippen LogP contribution in [0.3, 0.4) is 0 Å². The van der Waals surface area contributed by atoms with E-state index in [0.717, 1.165) is 55.3 Å². The summed E-state index contributed by atoms with van der Waals surface area (Å²) in [5, 5.41) is 7.09. The highest BCUT2D eigenvalue weighted by Crippen LogP contribution is 2.51. The van der Waals surface area contributed by atoms with Gasteiger partial charge in [-0.2, -0.15) is 0 Å². The molecule has 0 aliphatic carbocycles. The Morgan fingerprint density at radius 3 is 1.78 bits per heavy atom. The normalized spacial score (nSPS) is 14.1. The molecule has 288 valence electrons. The first kappa shape index (κ1) is 34.8. The van der Waals surface area contributed by atoms with Gasteiger partial charge >= 0.3 is 6.85 Å². The fraction of sp³-hybridized carbons (Fsp3) is 0.222. The van der Waals surface area contributed by atoms with E-state index < -0.39 is 0 Å². The van der Waals surface area contributed by atoms with Crippen LogP contribution in [0.15, 0.2) is 130 Å². The summed E-state index contributed by atoms with van der Waals surface area (Å²) in [5.41, 5.74) is 18.3. The molecule has 5 heterocycles. The minimum absolute atomic E-state index is 0.00966. The Morgan fingerprint density at radius 2 is 1.07 bits per heavy atom. The molecule has 0 radical (unpaired) electrons. The molecule has 4 nitrogen and oxygen atoms in total. The molecular weight excluding hydrogens is 719 g/mol. The molecule has 2 aliphatic heterocycles. The highest BCUT2D eigenvalue weighted by Gasteiger charge is 2.47. The predicted molar refractivity (Wildman–Crippen MR) is 250 cm³/mol. The maximum absolute atomic E-state index is 7.10. The van der Waals surface area contributed by atoms with Crippen LogP contribution in [0.25, 0.3) is 82.5 Å². The minimum atomic E-state index is -0.187. The molecular formula is C54H47BN2O2. The number of aromatic nitrogens is 1. The molecule has 3 aromatic heterocycles. The van der Waals surface area contributed by atoms with Gasteiger partial charge in [0.15, 0.2) is 11.2 Å². The van der Waals surface area contributed by atoms with Crippen LogP contribution >= 0.6 is 0 Å². The number of fused-ring (bicyclic) bond motifs is 14. The van der Waals surface area contributed by atoms with Gasteiger partial charge in [-0.1, -0.05) is 129 Å². The molecule has 0 N–H and O–H groups in total. The third-order valence-corrected chi connectivity index (χ3v) is 13.4. The zero-order valence-corrected chi connectivity index (χ0v) is 35.3. The highest BCUT2D eigenvalue weighted by atomic mass is 16.3. The Labute approximate surface area is 345 Å². The van der Waals surface area contributed by atoms with E-state index in [1.54, 1.807) is 0 Å². The quantitative estimate of drug-likeness (QED) is 0.156. The van der Waals surface area contributed by atoms with E-state index in [1.807, 2.05) is 0 Å². The van der Waals surface area contributed by atoms with E-state index in [0.29, 0.717) is 0 Å². The number of hydrogen-bond donors (Lipinski definition) is 0. The second-order valence-electron chi connectivity index (χ2n) is 20.2. The Hall–Kier alpha value is -6.20. The zero-order valence-electron chi connectivity index (χ0n) is 35.3. The van der Waals surface area contributed by atoms with Crippen LogP contribution in [0.2, 0.25) is 0 Å². The predicted octanol–water partition coefficient (Wildman–Crippen LogP) is 13.7. The number of para-hydroxylation sites is 3. The van der Waals surface area contributed by atoms with Crippen LogP contribution in [0.5, 0.6) is 0 Å². The van der Waals surface area contributed by atoms with Gasteiger partial charge in [0.05, 0.1) is 22.4 Å². The fourth-order valence-corrected chi connectivity index (χ4v) is 10.3. The van der Waals surface area contributed by atoms with E-state index >= 15 is 0 Å². The molecule has 0 fully saturated rings. The van der Waals surface area contributed by atoms with Crippen molar-refractivity contribution in [3.05, 3.63) is 138 Å². The third-order valence-electron chi connectivity index (χ3n) is 13.4. The Morgan fingerprint density at radius 1 is 0.458 bits per heavy atom. The SMILES string of the molecule is CC(C)(C)c1ccc2c(c1)-c1cc3c(oc4ccccc43)c3c1B(c1cc(C(C)(C)C)cc4c5cc(C(C)(C)C)ccc5n-3c14)N2c1cccc2c1oc1ccccc12. The van der Waals surface area contributed by atoms with Crippen molar-refractivity contribution < 1.29 is 8.83 Å². The van der Waals surface area contributed by atoms with E-state index in [1.165, 1.54) is 66.2 Å². The molecule has 0 saturated carbocycles. The Bertz CT molecular complexity index is 3460. The summed E-state index contributed by atoms with van der Waals surface area (Å²) in [5.74, 6) is 0. The lowest BCUT2D eigenvalue weighted by Gasteiger charge is -2.42. The van der Waals surface area contributed by atoms with Gasteiger partial charge in [-0.25, -0.2) is 0 Å². The summed E-state index contributed by atoms with van der Waals surface area (Å²) < 4.78 is 16.6. The molecule has 0 amide bonds. The number of hydrogen-bond acceptors (Lipinski definition) is 3. The molecule has 59 heavy (non-hydrogen) atoms. The van der Waals surface area contributed by atoms with E-state index in [-0.39, 0.29) is 23.1 Å². The first-order chi connectivity index (χ1) is 28.2. The number of rotatable bonds is 1. The number of nitrogens with zero attached hydrogens (tertiary/aromatic N) is 2. The lowest BCUT2D eigenvalue weighted by molar-refractivity contribution is 0.590. The van der Waals surface area contributed by atoms with Crippen molar-refractivity contribution in [2.24, 2.45) is 0 Å². The molecule has 0 unspecified atom stereocenters. The van der Waals surface area contributed by atoms with Crippen LogP contribution in [0, 0.1) is 0 Å². The highest BCUT2D eigenvalue weighted by molar-refractivity contribution is 6.94. The molecule has 7 aromatic carbocycles. The molecule has 0 bridgehead atoms. The van der Waals surface area contributed by atoms with Gasteiger partial charge in [-0.3, -0.25) is 0 Å². The van der Waals surface area contributed by atoms with Crippen LogP contribution in [0.4, 0.5) is 11.4 Å². The third kappa shape index (κ3) is 4.67. The van der Waals surface area contributed by atoms with Gasteiger partial charge in [0.2, 0.25) is 0 Å². The molecule has 0 spiro atoms. The van der Waals surface area contributed by atoms with Crippen LogP contribution in [-0.2, 0) is 16.2 Å². The largest absolute Gasteiger partial charge is 0.454 e. The van der Waals surface area contributed by atoms with Gasteiger partial charge in [-0.15, -0.1) is 0 Å². The number of benzene rings is 7. The number of furan rings is 2. The van der Waals surface area contributed by atoms with Crippen LogP contribution < -0.4 is 15.7 Å². The second-order valence-corrected chi connectivity index (χ2v) is 20.2. The van der Waals surface area contributed by atoms with Gasteiger partial charge in [-0.05, 0) is 104 Å². The van der Waals surface area contributed by atoms with E-state index in [4.69, 9.17) is 8.83 Å². The first-order valence-corrected chi connectivity index (χ1v) is 21.1. The van der Waals surface area contributed by atoms with Crippen molar-refractivity contribution >= 4 is 94.8 Å². The smallest absolute Gasteiger partial charge is 0.333 e. The average molecular weight is 767 g/mol. The fourth-order valence-electron chi connectivity index (χ4n) is 10.3. The lowest BCUT2D eigenvalue weighted by Crippen LogP contribution is -2.61. The van der Waals surface area contributed by atoms with Crippen molar-refractivity contribution in [3.8, 4) is 16.8 Å². The summed E-state index contributed by atoms with van der Waals surface area (Å²) in [4.78, 5) is 2.61. The van der Waals surface area contributed by atoms with E-state index in [2.05, 4.69) is 193 Å². The van der Waals surface area contributed by atoms with Crippen molar-refractivity contribution in [1.82, 2.24) is 4.57 Å². The van der Waals surface area contributed by atoms with Crippen LogP contribution in [0.1, 0.15) is 79.0 Å². The maximum atomic E-state index is 7.10. The lowest BCUT2D eigenvalue weighted by atomic mass is 9.43. The topological polar surface area (TPSA) is 34.5 Å². The Balaban J connectivity index is 1.33. The minimum Gasteiger partial charge on any atom is -0.454 e. The standard InChI is InChI=1S/C54H47BN2O2/c1-52(2,3)30-21-23-42-37(26-30)39-27-32(54(7,8)9)28-41-48(39)56(42)49-47-38(29-40-34-16-11-13-20-46(34)59-51(40)49)36-25-31(53(4,5)6)22-24-43(36)57(55(41)47)44-18-14-17-35-33-15-10-12-19-45(33)58-50(35)44/h10-29H,1-9H3. The summed E-state index contributed by atoms with van der Waals surface area (Å²) in [6.07, 6.45) is 0. The monoisotopic (exact) mass is 766 g/mol. The van der Waals surface area contributed by atoms with Gasteiger partial charge < -0.3 is 18.2 Å². The first-order valence-electron chi connectivity index (χ1n) is 21.1. The second kappa shape index (κ2) is 11.3. The summed E-state index contributed by atoms with van der Waals surface area (Å²) >= 11 is 0. The molecule has 2 aliphatic rings. The van der Waals surface area contributed by atoms with E-state index in [9.17, 15) is 0 Å². The van der Waals surface area contributed by atoms with Crippen molar-refractivity contribution in [2.75, 3.05) is 4.81 Å². The van der Waals surface area contributed by atoms with Gasteiger partial charge in [0, 0.05) is 43.6 Å². The van der Waals surface area contributed by atoms with Gasteiger partial charge in [0.25, 0.3) is 0 Å². The molecule has 10 aromatic rings. The Kier molecular flexibility index (Phi) is 6.66. The summed E-state index contributed by atoms with van der Waals surface area (Å²) in [6.45, 7) is 20.7. The van der Waals surface area contributed by atoms with Crippen molar-refractivity contribution in [1.29, 1.82) is 0 Å². The van der Waals surface area contributed by atoms with Crippen LogP contribution in [-0.4, -0.2) is 11.4 Å². The van der Waals surface area contributed by atoms with Gasteiger partial charge in [0.1, 0.15) is 11.2 Å². The number of anilines is 2.